The second-order valence-electron chi connectivity index (χ2n) is 4.15. The third-order valence-electron chi connectivity index (χ3n) is 2.75. The van der Waals surface area contributed by atoms with Gasteiger partial charge in [0.2, 0.25) is 5.75 Å². The van der Waals surface area contributed by atoms with Gasteiger partial charge in [-0.3, -0.25) is 10.1 Å². The monoisotopic (exact) mass is 269 g/mol. The smallest absolute Gasteiger partial charge is 0.334 e. The van der Waals surface area contributed by atoms with E-state index in [0.717, 1.165) is 5.56 Å². The first-order valence-electron chi connectivity index (χ1n) is 5.74. The number of nitrogens with two attached hydrogens (primary N) is 1. The van der Waals surface area contributed by atoms with Crippen LogP contribution in [0.1, 0.15) is 11.1 Å². The molecule has 2 aromatic carbocycles. The van der Waals surface area contributed by atoms with E-state index in [4.69, 9.17) is 15.7 Å². The van der Waals surface area contributed by atoms with Crippen molar-refractivity contribution < 1.29 is 9.66 Å². The minimum absolute atomic E-state index is 0.0293. The van der Waals surface area contributed by atoms with Crippen LogP contribution in [0.3, 0.4) is 0 Å². The molecule has 0 aliphatic rings. The molecule has 6 heteroatoms. The average molecular weight is 269 g/mol. The minimum Gasteiger partial charge on any atom is -0.450 e. The zero-order chi connectivity index (χ0) is 14.7. The number of anilines is 1. The van der Waals surface area contributed by atoms with Gasteiger partial charge in [0.1, 0.15) is 11.4 Å². The summed E-state index contributed by atoms with van der Waals surface area (Å²) >= 11 is 0. The number of nitro groups is 1. The van der Waals surface area contributed by atoms with Crippen LogP contribution in [0.2, 0.25) is 0 Å². The molecule has 0 saturated carbocycles. The fourth-order valence-corrected chi connectivity index (χ4v) is 1.72. The third-order valence-corrected chi connectivity index (χ3v) is 2.75. The molecule has 0 aliphatic heterocycles. The molecular weight excluding hydrogens is 258 g/mol. The molecule has 0 unspecified atom stereocenters. The normalized spacial score (nSPS) is 9.80. The van der Waals surface area contributed by atoms with Gasteiger partial charge < -0.3 is 10.5 Å². The quantitative estimate of drug-likeness (QED) is 0.523. The second kappa shape index (κ2) is 5.28. The summed E-state index contributed by atoms with van der Waals surface area (Å²) in [5, 5.41) is 19.9. The number of hydrogen-bond acceptors (Lipinski definition) is 5. The highest BCUT2D eigenvalue weighted by molar-refractivity contribution is 5.66. The third kappa shape index (κ3) is 2.52. The summed E-state index contributed by atoms with van der Waals surface area (Å²) in [5.41, 5.74) is 6.52. The number of nitrogen functional groups attached to an aromatic ring is 1. The molecule has 100 valence electrons. The molecule has 0 fully saturated rings. The van der Waals surface area contributed by atoms with Gasteiger partial charge in [0, 0.05) is 0 Å². The van der Waals surface area contributed by atoms with Gasteiger partial charge in [0.15, 0.2) is 0 Å². The molecule has 2 rings (SSSR count). The topological polar surface area (TPSA) is 102 Å². The highest BCUT2D eigenvalue weighted by Gasteiger charge is 2.20. The molecule has 0 atom stereocenters. The Balaban J connectivity index is 2.48. The Morgan fingerprint density at radius 2 is 2.05 bits per heavy atom. The van der Waals surface area contributed by atoms with E-state index in [1.165, 1.54) is 18.2 Å². The molecule has 20 heavy (non-hydrogen) atoms. The number of nitro benzene ring substituents is 1. The lowest BCUT2D eigenvalue weighted by molar-refractivity contribution is -0.384. The van der Waals surface area contributed by atoms with Crippen molar-refractivity contribution in [3.63, 3.8) is 0 Å². The van der Waals surface area contributed by atoms with Crippen LogP contribution in [0.4, 0.5) is 11.4 Å². The second-order valence-corrected chi connectivity index (χ2v) is 4.15. The number of nitrogens with zero attached hydrogens (tertiary/aromatic N) is 2. The Labute approximate surface area is 115 Å². The van der Waals surface area contributed by atoms with Crippen molar-refractivity contribution in [1.82, 2.24) is 0 Å². The molecule has 0 radical (unpaired) electrons. The number of hydrogen-bond donors (Lipinski definition) is 1. The Morgan fingerprint density at radius 3 is 2.70 bits per heavy atom. The largest absolute Gasteiger partial charge is 0.450 e. The van der Waals surface area contributed by atoms with Crippen molar-refractivity contribution in [3.8, 4) is 17.6 Å². The van der Waals surface area contributed by atoms with Crippen LogP contribution in [0, 0.1) is 28.4 Å². The predicted molar refractivity (Wildman–Crippen MR) is 73.5 cm³/mol. The number of aryl methyl sites for hydroxylation is 1. The van der Waals surface area contributed by atoms with E-state index in [0.29, 0.717) is 11.3 Å². The van der Waals surface area contributed by atoms with Gasteiger partial charge in [-0.1, -0.05) is 12.1 Å². The molecule has 2 aromatic rings. The van der Waals surface area contributed by atoms with Crippen molar-refractivity contribution in [1.29, 1.82) is 5.26 Å². The fraction of sp³-hybridized carbons (Fsp3) is 0.0714. The molecule has 0 aromatic heterocycles. The van der Waals surface area contributed by atoms with Crippen molar-refractivity contribution >= 4 is 11.4 Å². The van der Waals surface area contributed by atoms with E-state index in [2.05, 4.69) is 0 Å². The maximum absolute atomic E-state index is 11.0. The molecule has 0 amide bonds. The van der Waals surface area contributed by atoms with E-state index in [-0.39, 0.29) is 17.1 Å². The molecular formula is C14H11N3O3. The molecule has 0 bridgehead atoms. The SMILES string of the molecule is Cc1ccc(C#N)cc1Oc1cccc(N)c1[N+](=O)[O-]. The number of benzene rings is 2. The number of ether oxygens (including phenoxy) is 1. The first-order chi connectivity index (χ1) is 9.52. The van der Waals surface area contributed by atoms with Gasteiger partial charge in [0.05, 0.1) is 16.6 Å². The predicted octanol–water partition coefficient (Wildman–Crippen LogP) is 3.15. The fourth-order valence-electron chi connectivity index (χ4n) is 1.72. The summed E-state index contributed by atoms with van der Waals surface area (Å²) in [6, 6.07) is 11.4. The van der Waals surface area contributed by atoms with E-state index < -0.39 is 4.92 Å². The van der Waals surface area contributed by atoms with E-state index >= 15 is 0 Å². The van der Waals surface area contributed by atoms with Crippen LogP contribution in [-0.2, 0) is 0 Å². The minimum atomic E-state index is -0.589. The van der Waals surface area contributed by atoms with Gasteiger partial charge >= 0.3 is 5.69 Å². The number of nitriles is 1. The van der Waals surface area contributed by atoms with Crippen molar-refractivity contribution in [3.05, 3.63) is 57.6 Å². The Bertz CT molecular complexity index is 720. The Morgan fingerprint density at radius 1 is 1.30 bits per heavy atom. The molecule has 6 nitrogen and oxygen atoms in total. The van der Waals surface area contributed by atoms with Crippen LogP contribution in [-0.4, -0.2) is 4.92 Å². The number of para-hydroxylation sites is 1. The zero-order valence-electron chi connectivity index (χ0n) is 10.7. The summed E-state index contributed by atoms with van der Waals surface area (Å²) in [7, 11) is 0. The van der Waals surface area contributed by atoms with E-state index in [1.54, 1.807) is 25.1 Å². The zero-order valence-corrected chi connectivity index (χ0v) is 10.7. The van der Waals surface area contributed by atoms with Crippen LogP contribution in [0.25, 0.3) is 0 Å². The molecule has 2 N–H and O–H groups in total. The first-order valence-corrected chi connectivity index (χ1v) is 5.74. The number of rotatable bonds is 3. The van der Waals surface area contributed by atoms with Gasteiger partial charge in [-0.25, -0.2) is 0 Å². The summed E-state index contributed by atoms with van der Waals surface area (Å²) in [6.45, 7) is 1.79. The summed E-state index contributed by atoms with van der Waals surface area (Å²) < 4.78 is 5.55. The average Bonchev–Trinajstić information content (AvgIpc) is 2.41. The highest BCUT2D eigenvalue weighted by atomic mass is 16.6. The maximum atomic E-state index is 11.0. The molecule has 0 saturated heterocycles. The first kappa shape index (κ1) is 13.4. The van der Waals surface area contributed by atoms with Crippen LogP contribution in [0.5, 0.6) is 11.5 Å². The van der Waals surface area contributed by atoms with Crippen molar-refractivity contribution in [2.24, 2.45) is 0 Å². The van der Waals surface area contributed by atoms with Crippen LogP contribution < -0.4 is 10.5 Å². The van der Waals surface area contributed by atoms with Crippen LogP contribution >= 0.6 is 0 Å². The molecule has 0 aliphatic carbocycles. The highest BCUT2D eigenvalue weighted by Crippen LogP contribution is 2.36. The summed E-state index contributed by atoms with van der Waals surface area (Å²) in [5.74, 6) is 0.436. The Hall–Kier alpha value is -3.07. The van der Waals surface area contributed by atoms with Crippen molar-refractivity contribution in [2.45, 2.75) is 6.92 Å². The van der Waals surface area contributed by atoms with Gasteiger partial charge in [-0.2, -0.15) is 5.26 Å². The Kier molecular flexibility index (Phi) is 3.53. The lowest BCUT2D eigenvalue weighted by Gasteiger charge is -2.10. The summed E-state index contributed by atoms with van der Waals surface area (Å²) in [4.78, 5) is 10.4. The van der Waals surface area contributed by atoms with Gasteiger partial charge in [-0.15, -0.1) is 0 Å². The van der Waals surface area contributed by atoms with Crippen molar-refractivity contribution in [2.75, 3.05) is 5.73 Å². The lowest BCUT2D eigenvalue weighted by Crippen LogP contribution is -1.99. The van der Waals surface area contributed by atoms with E-state index in [9.17, 15) is 10.1 Å². The van der Waals surface area contributed by atoms with Gasteiger partial charge in [0.25, 0.3) is 0 Å². The summed E-state index contributed by atoms with van der Waals surface area (Å²) in [6.07, 6.45) is 0. The van der Waals surface area contributed by atoms with Gasteiger partial charge in [-0.05, 0) is 36.8 Å². The maximum Gasteiger partial charge on any atom is 0.334 e. The lowest BCUT2D eigenvalue weighted by atomic mass is 10.1. The van der Waals surface area contributed by atoms with E-state index in [1.807, 2.05) is 6.07 Å². The van der Waals surface area contributed by atoms with Crippen LogP contribution in [0.15, 0.2) is 36.4 Å². The molecule has 0 spiro atoms. The standard InChI is InChI=1S/C14H11N3O3/c1-9-5-6-10(8-15)7-13(9)20-12-4-2-3-11(16)14(12)17(18)19/h2-7H,16H2,1H3. The molecule has 0 heterocycles.